The largest absolute Gasteiger partial charge is 0.494 e. The van der Waals surface area contributed by atoms with E-state index in [4.69, 9.17) is 24.3 Å². The molecule has 4 N–H and O–H groups in total. The van der Waals surface area contributed by atoms with Crippen LogP contribution >= 0.6 is 0 Å². The van der Waals surface area contributed by atoms with Crippen molar-refractivity contribution in [1.29, 1.82) is 0 Å². The van der Waals surface area contributed by atoms with Crippen molar-refractivity contribution in [3.8, 4) is 17.1 Å². The first kappa shape index (κ1) is 37.4. The number of unbranched alkanes of at least 4 members (excludes halogenated alkanes) is 2. The first-order valence-electron chi connectivity index (χ1n) is 17.6. The number of aromatic nitrogens is 4. The Morgan fingerprint density at radius 2 is 1.67 bits per heavy atom. The molecule has 51 heavy (non-hydrogen) atoms. The molecular formula is C38H49N7O6. The number of carbonyl (C=O) groups is 2. The Morgan fingerprint density at radius 3 is 2.43 bits per heavy atom. The second-order valence-electron chi connectivity index (χ2n) is 12.9. The third-order valence-corrected chi connectivity index (χ3v) is 8.96. The fourth-order valence-corrected chi connectivity index (χ4v) is 5.96. The Balaban J connectivity index is 1.08. The average molecular weight is 700 g/mol. The lowest BCUT2D eigenvalue weighted by Gasteiger charge is -2.40. The summed E-state index contributed by atoms with van der Waals surface area (Å²) >= 11 is 0. The average Bonchev–Trinajstić information content (AvgIpc) is 3.65. The van der Waals surface area contributed by atoms with Gasteiger partial charge in [0, 0.05) is 62.1 Å². The maximum Gasteiger partial charge on any atom is 0.329 e. The highest BCUT2D eigenvalue weighted by atomic mass is 16.5. The van der Waals surface area contributed by atoms with Crippen LogP contribution in [0.15, 0.2) is 73.1 Å². The lowest BCUT2D eigenvalue weighted by atomic mass is 9.86. The van der Waals surface area contributed by atoms with E-state index in [-0.39, 0.29) is 18.6 Å². The number of aliphatic carboxylic acids is 1. The zero-order chi connectivity index (χ0) is 35.9. The molecular weight excluding hydrogens is 650 g/mol. The number of H-pyrrole nitrogens is 1. The van der Waals surface area contributed by atoms with Crippen molar-refractivity contribution in [2.75, 3.05) is 58.5 Å². The molecule has 0 aliphatic carbocycles. The molecule has 2 aromatic carbocycles. The molecule has 3 heterocycles. The van der Waals surface area contributed by atoms with E-state index in [1.54, 1.807) is 12.4 Å². The van der Waals surface area contributed by atoms with Crippen LogP contribution in [0.4, 0.5) is 5.69 Å². The Morgan fingerprint density at radius 1 is 0.941 bits per heavy atom. The molecule has 1 amide bonds. The number of carboxylic acids is 1. The SMILES string of the molecule is C[C@@H](NC(=O)c1cccc(NC2(c3nc(-c4ccncc4)n[nH]3)CCN(C)CC2)c1)c1ccc(OCCCCCOCCCOCC(=O)O)cc1. The standard InChI is InChI=1S/C38H49N7O6/c1-28(29-10-12-33(13-11-29)51-25-5-3-4-22-49-23-7-24-50-27-34(46)47)40-36(48)31-8-6-9-32(26-31)42-38(16-20-45(2)21-17-38)37-41-35(43-44-37)30-14-18-39-19-15-30/h6,8-15,18-19,26,28,42H,3-5,7,16-17,20-25,27H2,1-2H3,(H,40,48)(H,46,47)(H,41,43,44)/t28-/m1/s1. The number of rotatable bonds is 20. The molecule has 1 aliphatic rings. The van der Waals surface area contributed by atoms with Crippen LogP contribution in [0.1, 0.15) is 73.2 Å². The summed E-state index contributed by atoms with van der Waals surface area (Å²) in [4.78, 5) is 35.1. The van der Waals surface area contributed by atoms with Crippen LogP contribution in [0.3, 0.4) is 0 Å². The Labute approximate surface area is 299 Å². The molecule has 0 radical (unpaired) electrons. The quantitative estimate of drug-likeness (QED) is 0.0868. The number of anilines is 1. The van der Waals surface area contributed by atoms with Gasteiger partial charge < -0.3 is 34.9 Å². The third kappa shape index (κ3) is 11.3. The van der Waals surface area contributed by atoms with Gasteiger partial charge in [-0.1, -0.05) is 18.2 Å². The number of carbonyl (C=O) groups excluding carboxylic acids is 1. The van der Waals surface area contributed by atoms with Crippen molar-refractivity contribution < 1.29 is 28.9 Å². The lowest BCUT2D eigenvalue weighted by Crippen LogP contribution is -2.46. The summed E-state index contributed by atoms with van der Waals surface area (Å²) in [5, 5.41) is 23.1. The van der Waals surface area contributed by atoms with Crippen molar-refractivity contribution in [3.63, 3.8) is 0 Å². The number of benzene rings is 2. The van der Waals surface area contributed by atoms with Gasteiger partial charge >= 0.3 is 5.97 Å². The van der Waals surface area contributed by atoms with E-state index in [1.165, 1.54) is 0 Å². The van der Waals surface area contributed by atoms with Gasteiger partial charge in [0.2, 0.25) is 0 Å². The number of hydrogen-bond donors (Lipinski definition) is 4. The van der Waals surface area contributed by atoms with Gasteiger partial charge in [-0.25, -0.2) is 9.78 Å². The number of carboxylic acid groups (broad SMARTS) is 1. The summed E-state index contributed by atoms with van der Waals surface area (Å²) in [6.45, 7) is 5.71. The molecule has 0 unspecified atom stereocenters. The minimum Gasteiger partial charge on any atom is -0.494 e. The van der Waals surface area contributed by atoms with Crippen LogP contribution in [-0.2, 0) is 19.8 Å². The van der Waals surface area contributed by atoms with E-state index < -0.39 is 11.5 Å². The highest BCUT2D eigenvalue weighted by molar-refractivity contribution is 5.95. The van der Waals surface area contributed by atoms with Gasteiger partial charge in [-0.3, -0.25) is 14.9 Å². The van der Waals surface area contributed by atoms with Crippen molar-refractivity contribution in [1.82, 2.24) is 30.4 Å². The molecule has 1 fully saturated rings. The minimum absolute atomic E-state index is 0.154. The van der Waals surface area contributed by atoms with Gasteiger partial charge in [-0.2, -0.15) is 5.10 Å². The molecule has 1 saturated heterocycles. The molecule has 13 heteroatoms. The number of pyridine rings is 1. The number of nitrogens with zero attached hydrogens (tertiary/aromatic N) is 4. The third-order valence-electron chi connectivity index (χ3n) is 8.96. The zero-order valence-corrected chi connectivity index (χ0v) is 29.5. The summed E-state index contributed by atoms with van der Waals surface area (Å²) in [6, 6.07) is 19.0. The number of nitrogens with one attached hydrogen (secondary N) is 3. The van der Waals surface area contributed by atoms with E-state index in [0.717, 1.165) is 73.6 Å². The van der Waals surface area contributed by atoms with Crippen molar-refractivity contribution in [2.45, 2.75) is 57.0 Å². The van der Waals surface area contributed by atoms with Crippen LogP contribution in [0.2, 0.25) is 0 Å². The second kappa shape index (κ2) is 18.9. The molecule has 4 aromatic rings. The Bertz CT molecular complexity index is 1660. The van der Waals surface area contributed by atoms with Gasteiger partial charge in [0.15, 0.2) is 11.6 Å². The molecule has 272 valence electrons. The van der Waals surface area contributed by atoms with Gasteiger partial charge in [-0.05, 0) is 101 Å². The minimum atomic E-state index is -0.960. The molecule has 0 bridgehead atoms. The van der Waals surface area contributed by atoms with E-state index in [1.807, 2.05) is 67.6 Å². The predicted octanol–water partition coefficient (Wildman–Crippen LogP) is 5.45. The van der Waals surface area contributed by atoms with E-state index in [9.17, 15) is 9.59 Å². The Hall–Kier alpha value is -4.85. The first-order valence-corrected chi connectivity index (χ1v) is 17.6. The lowest BCUT2D eigenvalue weighted by molar-refractivity contribution is -0.142. The monoisotopic (exact) mass is 699 g/mol. The van der Waals surface area contributed by atoms with Crippen LogP contribution in [0.5, 0.6) is 5.75 Å². The van der Waals surface area contributed by atoms with E-state index >= 15 is 0 Å². The van der Waals surface area contributed by atoms with E-state index in [2.05, 4.69) is 37.8 Å². The molecule has 0 saturated carbocycles. The van der Waals surface area contributed by atoms with Crippen molar-refractivity contribution in [3.05, 3.63) is 90.0 Å². The smallest absolute Gasteiger partial charge is 0.329 e. The fourth-order valence-electron chi connectivity index (χ4n) is 5.96. The van der Waals surface area contributed by atoms with Gasteiger partial charge in [0.25, 0.3) is 5.91 Å². The summed E-state index contributed by atoms with van der Waals surface area (Å²) < 4.78 is 16.5. The normalized spacial score (nSPS) is 14.9. The highest BCUT2D eigenvalue weighted by Gasteiger charge is 2.39. The number of piperidine rings is 1. The predicted molar refractivity (Wildman–Crippen MR) is 194 cm³/mol. The Kier molecular flexibility index (Phi) is 13.9. The van der Waals surface area contributed by atoms with Crippen LogP contribution < -0.4 is 15.4 Å². The van der Waals surface area contributed by atoms with E-state index in [0.29, 0.717) is 44.2 Å². The molecule has 0 spiro atoms. The van der Waals surface area contributed by atoms with Crippen molar-refractivity contribution >= 4 is 17.6 Å². The van der Waals surface area contributed by atoms with Crippen LogP contribution in [-0.4, -0.2) is 95.2 Å². The van der Waals surface area contributed by atoms with Crippen LogP contribution in [0, 0.1) is 0 Å². The number of aromatic amines is 1. The highest BCUT2D eigenvalue weighted by Crippen LogP contribution is 2.35. The molecule has 2 aromatic heterocycles. The van der Waals surface area contributed by atoms with Gasteiger partial charge in [0.1, 0.15) is 12.4 Å². The number of ether oxygens (including phenoxy) is 3. The topological polar surface area (TPSA) is 164 Å². The maximum absolute atomic E-state index is 13.4. The molecule has 5 rings (SSSR count). The molecule has 13 nitrogen and oxygen atoms in total. The van der Waals surface area contributed by atoms with Crippen molar-refractivity contribution in [2.24, 2.45) is 0 Å². The number of likely N-dealkylation sites (tertiary alicyclic amines) is 1. The van der Waals surface area contributed by atoms with Crippen LogP contribution in [0.25, 0.3) is 11.4 Å². The fraction of sp³-hybridized carbons (Fsp3) is 0.447. The number of amides is 1. The maximum atomic E-state index is 13.4. The van der Waals surface area contributed by atoms with Gasteiger partial charge in [0.05, 0.1) is 18.2 Å². The second-order valence-corrected chi connectivity index (χ2v) is 12.9. The first-order chi connectivity index (χ1) is 24.8. The summed E-state index contributed by atoms with van der Waals surface area (Å²) in [7, 11) is 2.12. The van der Waals surface area contributed by atoms with Gasteiger partial charge in [-0.15, -0.1) is 0 Å². The zero-order valence-electron chi connectivity index (χ0n) is 29.5. The molecule has 1 aliphatic heterocycles. The summed E-state index contributed by atoms with van der Waals surface area (Å²) in [5.74, 6) is 1.08. The number of hydrogen-bond acceptors (Lipinski definition) is 10. The summed E-state index contributed by atoms with van der Waals surface area (Å²) in [5.41, 5.74) is 2.83. The summed E-state index contributed by atoms with van der Waals surface area (Å²) in [6.07, 6.45) is 8.63. The molecule has 1 atom stereocenters.